The number of hydrogen-bond acceptors (Lipinski definition) is 20. The maximum absolute atomic E-state index is 11.8. The number of nitrogens with zero attached hydrogens (tertiary/aromatic N) is 11. The molecule has 476 valence electrons. The summed E-state index contributed by atoms with van der Waals surface area (Å²) < 4.78 is 31.6. The molecule has 3 aromatic carbocycles. The predicted octanol–water partition coefficient (Wildman–Crippen LogP) is 10.4. The van der Waals surface area contributed by atoms with Gasteiger partial charge in [0.1, 0.15) is 47.9 Å². The van der Waals surface area contributed by atoms with Gasteiger partial charge in [-0.2, -0.15) is 0 Å². The van der Waals surface area contributed by atoms with E-state index in [9.17, 15) is 9.59 Å². The molecule has 3 fully saturated rings. The van der Waals surface area contributed by atoms with Gasteiger partial charge in [-0.05, 0) is 173 Å². The van der Waals surface area contributed by atoms with E-state index in [1.165, 1.54) is 29.3 Å². The molecular formula is C63H68Br2ClN15O7S3. The Hall–Kier alpha value is -6.72. The van der Waals surface area contributed by atoms with Crippen molar-refractivity contribution >= 4 is 142 Å². The van der Waals surface area contributed by atoms with E-state index in [1.54, 1.807) is 53.1 Å². The molecule has 8 N–H and O–H groups in total. The lowest BCUT2D eigenvalue weighted by Crippen LogP contribution is -2.31. The zero-order chi connectivity index (χ0) is 62.7. The van der Waals surface area contributed by atoms with Crippen molar-refractivity contribution in [1.82, 2.24) is 58.7 Å². The van der Waals surface area contributed by atoms with Crippen molar-refractivity contribution in [3.8, 4) is 23.0 Å². The number of carbonyl (C=O) groups excluding carboxylic acids is 2. The number of pyridine rings is 3. The second-order valence-corrected chi connectivity index (χ2v) is 28.3. The Kier molecular flexibility index (Phi) is 19.6. The maximum Gasteiger partial charge on any atom is 0.248 e. The Morgan fingerprint density at radius 1 is 0.615 bits per heavy atom. The number of ether oxygens (including phenoxy) is 4. The molecule has 12 heterocycles. The summed E-state index contributed by atoms with van der Waals surface area (Å²) in [7, 11) is 0. The van der Waals surface area contributed by atoms with Crippen LogP contribution in [0.2, 0.25) is 5.02 Å². The summed E-state index contributed by atoms with van der Waals surface area (Å²) in [6.07, 6.45) is 14.2. The number of anilines is 3. The third kappa shape index (κ3) is 14.0. The molecule has 6 aromatic heterocycles. The van der Waals surface area contributed by atoms with Crippen LogP contribution in [-0.4, -0.2) is 143 Å². The summed E-state index contributed by atoms with van der Waals surface area (Å²) in [4.78, 5) is 56.5. The lowest BCUT2D eigenvalue weighted by Gasteiger charge is -2.19. The number of benzene rings is 3. The largest absolute Gasteiger partial charge is 0.493 e. The second-order valence-electron chi connectivity index (χ2n) is 23.2. The number of nitrogens with two attached hydrogens (primary N) is 3. The van der Waals surface area contributed by atoms with Crippen molar-refractivity contribution in [2.24, 2.45) is 17.8 Å². The van der Waals surface area contributed by atoms with Crippen LogP contribution < -0.4 is 41.5 Å². The molecule has 15 rings (SSSR count). The number of fused-ring (bicyclic) bond motifs is 6. The molecule has 9 aromatic rings. The van der Waals surface area contributed by atoms with Crippen LogP contribution in [0.1, 0.15) is 49.7 Å². The molecule has 2 amide bonds. The third-order valence-corrected chi connectivity index (χ3v) is 22.8. The summed E-state index contributed by atoms with van der Waals surface area (Å²) >= 11 is 18.7. The Labute approximate surface area is 559 Å². The Bertz CT molecular complexity index is 4190. The summed E-state index contributed by atoms with van der Waals surface area (Å²) in [5, 5.41) is 15.7. The molecule has 6 aliphatic heterocycles. The third-order valence-electron chi connectivity index (χ3n) is 17.4. The van der Waals surface area contributed by atoms with E-state index in [0.29, 0.717) is 84.2 Å². The van der Waals surface area contributed by atoms with E-state index in [1.807, 2.05) is 29.2 Å². The molecule has 6 aliphatic rings. The van der Waals surface area contributed by atoms with Crippen LogP contribution in [0.3, 0.4) is 0 Å². The molecule has 0 bridgehead atoms. The molecule has 0 saturated carbocycles. The summed E-state index contributed by atoms with van der Waals surface area (Å²) in [5.74, 6) is 5.89. The van der Waals surface area contributed by atoms with E-state index in [2.05, 4.69) is 90.1 Å². The van der Waals surface area contributed by atoms with Crippen molar-refractivity contribution in [2.45, 2.75) is 101 Å². The van der Waals surface area contributed by atoms with Gasteiger partial charge in [0.25, 0.3) is 0 Å². The number of aryl methyl sites for hydroxylation is 3. The maximum atomic E-state index is 11.8. The molecule has 28 heteroatoms. The average Bonchev–Trinajstić information content (AvgIpc) is 2.16. The Morgan fingerprint density at radius 3 is 1.56 bits per heavy atom. The molecule has 0 spiro atoms. The molecule has 3 unspecified atom stereocenters. The van der Waals surface area contributed by atoms with E-state index in [4.69, 9.17) is 67.8 Å². The number of aliphatic hydroxyl groups is 1. The van der Waals surface area contributed by atoms with Crippen molar-refractivity contribution in [1.29, 1.82) is 0 Å². The smallest absolute Gasteiger partial charge is 0.248 e. The molecular weight excluding hydrogens is 1370 g/mol. The lowest BCUT2D eigenvalue weighted by molar-refractivity contribution is -0.133. The van der Waals surface area contributed by atoms with Gasteiger partial charge in [0.15, 0.2) is 44.4 Å². The van der Waals surface area contributed by atoms with Gasteiger partial charge in [-0.3, -0.25) is 9.59 Å². The van der Waals surface area contributed by atoms with Crippen molar-refractivity contribution in [3.63, 3.8) is 0 Å². The highest BCUT2D eigenvalue weighted by molar-refractivity contribution is 9.10. The fourth-order valence-electron chi connectivity index (χ4n) is 12.4. The average molecular weight is 1440 g/mol. The topological polar surface area (TPSA) is 280 Å². The summed E-state index contributed by atoms with van der Waals surface area (Å²) in [6.45, 7) is 9.73. The highest BCUT2D eigenvalue weighted by Crippen LogP contribution is 2.45. The number of amides is 2. The second kappa shape index (κ2) is 28.2. The number of imidazole rings is 3. The van der Waals surface area contributed by atoms with Crippen LogP contribution in [0, 0.1) is 17.8 Å². The number of halogens is 3. The fraction of sp³-hybridized carbons (Fsp3) is 0.397. The first-order chi connectivity index (χ1) is 44.3. The molecule has 0 aliphatic carbocycles. The zero-order valence-electron chi connectivity index (χ0n) is 49.7. The summed E-state index contributed by atoms with van der Waals surface area (Å²) in [6, 6.07) is 18.0. The molecule has 3 atom stereocenters. The van der Waals surface area contributed by atoms with Gasteiger partial charge < -0.3 is 70.1 Å². The van der Waals surface area contributed by atoms with Gasteiger partial charge in [-0.1, -0.05) is 35.1 Å². The van der Waals surface area contributed by atoms with Crippen LogP contribution in [0.5, 0.6) is 23.0 Å². The normalized spacial score (nSPS) is 18.0. The number of rotatable bonds is 17. The number of hydrogen-bond donors (Lipinski definition) is 5. The van der Waals surface area contributed by atoms with E-state index in [-0.39, 0.29) is 5.91 Å². The fourth-order valence-corrected chi connectivity index (χ4v) is 16.9. The van der Waals surface area contributed by atoms with Gasteiger partial charge in [0.2, 0.25) is 12.3 Å². The van der Waals surface area contributed by atoms with Gasteiger partial charge >= 0.3 is 0 Å². The molecule has 22 nitrogen and oxygen atoms in total. The van der Waals surface area contributed by atoms with Gasteiger partial charge in [-0.25, -0.2) is 29.9 Å². The van der Waals surface area contributed by atoms with Crippen molar-refractivity contribution < 1.29 is 33.6 Å². The van der Waals surface area contributed by atoms with Crippen LogP contribution in [-0.2, 0) is 42.1 Å². The van der Waals surface area contributed by atoms with Gasteiger partial charge in [0.05, 0.1) is 34.8 Å². The summed E-state index contributed by atoms with van der Waals surface area (Å²) in [5.41, 5.74) is 25.9. The van der Waals surface area contributed by atoms with Crippen LogP contribution >= 0.6 is 78.7 Å². The van der Waals surface area contributed by atoms with Crippen molar-refractivity contribution in [3.05, 3.63) is 98.3 Å². The predicted molar refractivity (Wildman–Crippen MR) is 360 cm³/mol. The quantitative estimate of drug-likeness (QED) is 0.0530. The number of likely N-dealkylation sites (tertiary alicyclic amines) is 2. The number of carbonyl (C=O) groups is 2. The van der Waals surface area contributed by atoms with Gasteiger partial charge in [-0.15, -0.1) is 0 Å². The number of nitrogens with one attached hydrogen (secondary N) is 1. The standard InChI is InChI=1S/C22H24ClN5O4S.C21H22BrN5O2S.C20H22BrN5OS/c23-14-9-16-17(32-8-7-31-16)10-18(14)33-22-26-20-15(1-4-25-21(20)24)28(22)6-3-13-2-5-27(11-13)19(30)12-29;22-15-9-14-4-8-29-17(14)10-18(15)30-21-25-19-16(1-5-24-20(19)23)27(21)7-3-13-2-6-26(11-13)12-28;21-14-9-13-4-8-27-16(13)10-17(14)28-20-25-18-15(2-6-24-19(18)22)26(20)7-3-12-1-5-23-11-12/h1,4,9-10,13,29H,2-3,5-8,11-12H2,(H2,24,25);1,5,9-10,12-13H,2-4,6-8,11H2,(H2,23,24);2,6,9-10,12,23H,1,3-5,7-8,11H2,(H2,22,24). The highest BCUT2D eigenvalue weighted by atomic mass is 79.9. The van der Waals surface area contributed by atoms with E-state index in [0.717, 1.165) is 188 Å². The first-order valence-electron chi connectivity index (χ1n) is 30.5. The van der Waals surface area contributed by atoms with E-state index >= 15 is 0 Å². The zero-order valence-corrected chi connectivity index (χ0v) is 56.1. The van der Waals surface area contributed by atoms with Crippen LogP contribution in [0.4, 0.5) is 17.5 Å². The molecule has 91 heavy (non-hydrogen) atoms. The van der Waals surface area contributed by atoms with Crippen LogP contribution in [0.25, 0.3) is 33.1 Å². The number of aliphatic hydroxyl groups excluding tert-OH is 1. The minimum absolute atomic E-state index is 0.214. The SMILES string of the molecule is Nc1nccc2c1nc(Sc1cc3c(cc1Br)CCO3)n2CCC1CCN(C=O)C1.Nc1nccc2c1nc(Sc1cc3c(cc1Br)CCO3)n2CCC1CCNC1.Nc1nccc2c1nc(Sc1cc3c(cc1Cl)OCCO3)n2CCC1CCN(C(=O)CO)C1. The molecule has 3 saturated heterocycles. The van der Waals surface area contributed by atoms with Gasteiger partial charge in [0, 0.05) is 107 Å². The minimum atomic E-state index is -0.442. The number of nitrogen functional groups attached to an aromatic ring is 3. The minimum Gasteiger partial charge on any atom is -0.493 e. The monoisotopic (exact) mass is 1440 g/mol. The first kappa shape index (κ1) is 63.1. The first-order valence-corrected chi connectivity index (χ1v) is 34.9. The lowest BCUT2D eigenvalue weighted by atomic mass is 10.1. The van der Waals surface area contributed by atoms with Crippen LogP contribution in [0.15, 0.2) is 112 Å². The molecule has 0 radical (unpaired) electrons. The Morgan fingerprint density at radius 2 is 1.08 bits per heavy atom. The highest BCUT2D eigenvalue weighted by Gasteiger charge is 2.29. The van der Waals surface area contributed by atoms with E-state index < -0.39 is 6.61 Å². The Balaban J connectivity index is 0.000000125. The van der Waals surface area contributed by atoms with Crippen molar-refractivity contribution in [2.75, 3.05) is 89.5 Å². The number of aromatic nitrogens is 9.